The van der Waals surface area contributed by atoms with Gasteiger partial charge in [0.2, 0.25) is 0 Å². The van der Waals surface area contributed by atoms with Gasteiger partial charge in [-0.05, 0) is 31.5 Å². The smallest absolute Gasteiger partial charge is 0.312 e. The van der Waals surface area contributed by atoms with E-state index < -0.39 is 0 Å². The fraction of sp³-hybridized carbons (Fsp3) is 0.471. The molecule has 2 aromatic rings. The van der Waals surface area contributed by atoms with Gasteiger partial charge in [0.1, 0.15) is 17.9 Å². The van der Waals surface area contributed by atoms with Crippen LogP contribution < -0.4 is 14.4 Å². The van der Waals surface area contributed by atoms with E-state index in [9.17, 15) is 10.1 Å². The van der Waals surface area contributed by atoms with E-state index in [1.807, 2.05) is 12.1 Å². The van der Waals surface area contributed by atoms with Gasteiger partial charge in [0.05, 0.1) is 25.7 Å². The van der Waals surface area contributed by atoms with Crippen molar-refractivity contribution in [2.24, 2.45) is 0 Å². The van der Waals surface area contributed by atoms with Gasteiger partial charge in [0.15, 0.2) is 18.2 Å². The molecular weight excluding hydrogens is 324 g/mol. The van der Waals surface area contributed by atoms with Crippen LogP contribution in [0.25, 0.3) is 0 Å². The van der Waals surface area contributed by atoms with Gasteiger partial charge < -0.3 is 14.4 Å². The third kappa shape index (κ3) is 3.17. The molecule has 0 amide bonds. The highest BCUT2D eigenvalue weighted by atomic mass is 16.6. The molecule has 0 saturated heterocycles. The van der Waals surface area contributed by atoms with Crippen LogP contribution in [0.5, 0.6) is 11.5 Å². The molecule has 1 N–H and O–H groups in total. The monoisotopic (exact) mass is 347 g/mol. The van der Waals surface area contributed by atoms with Gasteiger partial charge in [-0.25, -0.2) is 4.68 Å². The lowest BCUT2D eigenvalue weighted by Crippen LogP contribution is -3.11. The Bertz CT molecular complexity index is 815. The van der Waals surface area contributed by atoms with Gasteiger partial charge in [0.25, 0.3) is 0 Å². The first-order valence-electron chi connectivity index (χ1n) is 8.20. The van der Waals surface area contributed by atoms with E-state index in [4.69, 9.17) is 9.47 Å². The molecule has 0 spiro atoms. The number of quaternary nitrogens is 1. The Morgan fingerprint density at radius 3 is 2.44 bits per heavy atom. The Hall–Kier alpha value is -2.61. The standard InChI is InChI=1S/C17H22N4O4/c1-11-17(21(22)23)12(2)20(18-11)10-19-6-5-13-7-15(24-3)16(25-4)8-14(13)9-19/h7-8H,5-6,9-10H2,1-4H3/p+1. The van der Waals surface area contributed by atoms with E-state index in [0.29, 0.717) is 18.1 Å². The summed E-state index contributed by atoms with van der Waals surface area (Å²) in [6.07, 6.45) is 0.923. The lowest BCUT2D eigenvalue weighted by molar-refractivity contribution is -0.939. The minimum atomic E-state index is -0.355. The highest BCUT2D eigenvalue weighted by Crippen LogP contribution is 2.31. The highest BCUT2D eigenvalue weighted by Gasteiger charge is 2.26. The van der Waals surface area contributed by atoms with Crippen LogP contribution in [0.2, 0.25) is 0 Å². The first-order valence-corrected chi connectivity index (χ1v) is 8.20. The minimum Gasteiger partial charge on any atom is -0.493 e. The Labute approximate surface area is 146 Å². The molecule has 25 heavy (non-hydrogen) atoms. The van der Waals surface area contributed by atoms with E-state index in [2.05, 4.69) is 5.10 Å². The van der Waals surface area contributed by atoms with Gasteiger partial charge in [-0.3, -0.25) is 10.1 Å². The van der Waals surface area contributed by atoms with Gasteiger partial charge in [-0.1, -0.05) is 0 Å². The molecule has 1 aromatic carbocycles. The molecule has 0 aliphatic carbocycles. The number of nitrogens with one attached hydrogen (secondary N) is 1. The third-order valence-electron chi connectivity index (χ3n) is 4.79. The molecule has 1 atom stereocenters. The predicted molar refractivity (Wildman–Crippen MR) is 91.1 cm³/mol. The number of fused-ring (bicyclic) bond motifs is 1. The second kappa shape index (κ2) is 6.72. The van der Waals surface area contributed by atoms with Gasteiger partial charge >= 0.3 is 5.69 Å². The fourth-order valence-corrected chi connectivity index (χ4v) is 3.48. The van der Waals surface area contributed by atoms with Crippen LogP contribution in [0.1, 0.15) is 22.5 Å². The van der Waals surface area contributed by atoms with Crippen molar-refractivity contribution < 1.29 is 19.3 Å². The summed E-state index contributed by atoms with van der Waals surface area (Å²) in [5.74, 6) is 1.48. The third-order valence-corrected chi connectivity index (χ3v) is 4.79. The van der Waals surface area contributed by atoms with Crippen LogP contribution in [-0.2, 0) is 19.6 Å². The number of ether oxygens (including phenoxy) is 2. The summed E-state index contributed by atoms with van der Waals surface area (Å²) in [6, 6.07) is 4.07. The van der Waals surface area contributed by atoms with Crippen LogP contribution in [0, 0.1) is 24.0 Å². The summed E-state index contributed by atoms with van der Waals surface area (Å²) in [5.41, 5.74) is 3.66. The van der Waals surface area contributed by atoms with Crippen LogP contribution >= 0.6 is 0 Å². The molecule has 8 heteroatoms. The van der Waals surface area contributed by atoms with Crippen molar-refractivity contribution in [3.63, 3.8) is 0 Å². The Morgan fingerprint density at radius 1 is 1.24 bits per heavy atom. The van der Waals surface area contributed by atoms with Gasteiger partial charge in [-0.2, -0.15) is 5.10 Å². The van der Waals surface area contributed by atoms with E-state index in [-0.39, 0.29) is 10.6 Å². The summed E-state index contributed by atoms with van der Waals surface area (Å²) in [6.45, 7) is 5.80. The molecule has 0 saturated carbocycles. The van der Waals surface area contributed by atoms with Crippen molar-refractivity contribution in [3.05, 3.63) is 44.8 Å². The Balaban J connectivity index is 1.82. The number of nitrogens with zero attached hydrogens (tertiary/aromatic N) is 3. The highest BCUT2D eigenvalue weighted by molar-refractivity contribution is 5.47. The number of hydrogen-bond acceptors (Lipinski definition) is 5. The normalized spacial score (nSPS) is 16.4. The summed E-state index contributed by atoms with van der Waals surface area (Å²) in [5, 5.41) is 15.5. The van der Waals surface area contributed by atoms with Crippen molar-refractivity contribution in [1.82, 2.24) is 9.78 Å². The summed E-state index contributed by atoms with van der Waals surface area (Å²) < 4.78 is 12.5. The van der Waals surface area contributed by atoms with E-state index in [1.54, 1.807) is 32.7 Å². The lowest BCUT2D eigenvalue weighted by Gasteiger charge is -2.27. The molecule has 3 rings (SSSR count). The van der Waals surface area contributed by atoms with E-state index in [1.165, 1.54) is 16.0 Å². The predicted octanol–water partition coefficient (Wildman–Crippen LogP) is 1.02. The zero-order valence-electron chi connectivity index (χ0n) is 15.0. The van der Waals surface area contributed by atoms with Crippen molar-refractivity contribution in [2.45, 2.75) is 33.5 Å². The molecular formula is C17H23N4O4+. The van der Waals surface area contributed by atoms with Crippen LogP contribution in [-0.4, -0.2) is 35.5 Å². The zero-order chi connectivity index (χ0) is 18.1. The van der Waals surface area contributed by atoms with Crippen molar-refractivity contribution in [3.8, 4) is 11.5 Å². The average Bonchev–Trinajstić information content (AvgIpc) is 2.87. The lowest BCUT2D eigenvalue weighted by atomic mass is 9.99. The summed E-state index contributed by atoms with van der Waals surface area (Å²) in [4.78, 5) is 12.1. The van der Waals surface area contributed by atoms with Gasteiger partial charge in [-0.15, -0.1) is 0 Å². The fourth-order valence-electron chi connectivity index (χ4n) is 3.48. The van der Waals surface area contributed by atoms with Crippen LogP contribution in [0.4, 0.5) is 5.69 Å². The topological polar surface area (TPSA) is 83.9 Å². The van der Waals surface area contributed by atoms with Crippen LogP contribution in [0.3, 0.4) is 0 Å². The largest absolute Gasteiger partial charge is 0.493 e. The number of hydrogen-bond donors (Lipinski definition) is 1. The Kier molecular flexibility index (Phi) is 4.63. The molecule has 1 aliphatic rings. The van der Waals surface area contributed by atoms with Crippen molar-refractivity contribution >= 4 is 5.69 Å². The van der Waals surface area contributed by atoms with Gasteiger partial charge in [0, 0.05) is 12.0 Å². The van der Waals surface area contributed by atoms with E-state index >= 15 is 0 Å². The van der Waals surface area contributed by atoms with Crippen molar-refractivity contribution in [1.29, 1.82) is 0 Å². The summed E-state index contributed by atoms with van der Waals surface area (Å²) >= 11 is 0. The molecule has 2 heterocycles. The quantitative estimate of drug-likeness (QED) is 0.645. The maximum Gasteiger partial charge on any atom is 0.312 e. The molecule has 1 aromatic heterocycles. The molecule has 8 nitrogen and oxygen atoms in total. The number of methoxy groups -OCH3 is 2. The first kappa shape index (κ1) is 17.2. The summed E-state index contributed by atoms with van der Waals surface area (Å²) in [7, 11) is 3.27. The molecule has 0 radical (unpaired) electrons. The Morgan fingerprint density at radius 2 is 1.88 bits per heavy atom. The first-order chi connectivity index (χ1) is 11.9. The van der Waals surface area contributed by atoms with E-state index in [0.717, 1.165) is 31.0 Å². The average molecular weight is 347 g/mol. The molecule has 1 aliphatic heterocycles. The molecule has 0 fully saturated rings. The van der Waals surface area contributed by atoms with Crippen molar-refractivity contribution in [2.75, 3.05) is 20.8 Å². The number of aryl methyl sites for hydroxylation is 1. The number of nitro groups is 1. The number of benzene rings is 1. The molecule has 134 valence electrons. The second-order valence-electron chi connectivity index (χ2n) is 6.34. The van der Waals surface area contributed by atoms with Crippen LogP contribution in [0.15, 0.2) is 12.1 Å². The number of aromatic nitrogens is 2. The second-order valence-corrected chi connectivity index (χ2v) is 6.34. The maximum absolute atomic E-state index is 11.2. The molecule has 0 bridgehead atoms. The minimum absolute atomic E-state index is 0.114. The SMILES string of the molecule is COc1cc2c(cc1OC)C[NH+](Cn1nc(C)c([N+](=O)[O-])c1C)CC2. The molecule has 1 unspecified atom stereocenters. The number of rotatable bonds is 5. The zero-order valence-corrected chi connectivity index (χ0v) is 15.0. The maximum atomic E-state index is 11.2.